The van der Waals surface area contributed by atoms with Crippen LogP contribution in [0.5, 0.6) is 17.2 Å². The Kier molecular flexibility index (Phi) is 6.00. The molecule has 0 radical (unpaired) electrons. The van der Waals surface area contributed by atoms with Crippen LogP contribution in [0.25, 0.3) is 0 Å². The van der Waals surface area contributed by atoms with Gasteiger partial charge >= 0.3 is 0 Å². The van der Waals surface area contributed by atoms with Gasteiger partial charge in [0.25, 0.3) is 5.91 Å². The predicted molar refractivity (Wildman–Crippen MR) is 99.8 cm³/mol. The van der Waals surface area contributed by atoms with Crippen molar-refractivity contribution in [3.63, 3.8) is 0 Å². The van der Waals surface area contributed by atoms with Gasteiger partial charge in [0.05, 0.1) is 19.8 Å². The Morgan fingerprint density at radius 2 is 1.81 bits per heavy atom. The third-order valence-corrected chi connectivity index (χ3v) is 4.55. The van der Waals surface area contributed by atoms with Crippen LogP contribution in [0.2, 0.25) is 0 Å². The average molecular weight is 355 g/mol. The molecule has 1 amide bonds. The number of hydrogen-bond acceptors (Lipinski definition) is 4. The highest BCUT2D eigenvalue weighted by Crippen LogP contribution is 2.33. The first-order valence-corrected chi connectivity index (χ1v) is 9.00. The van der Waals surface area contributed by atoms with Crippen molar-refractivity contribution in [3.05, 3.63) is 54.1 Å². The van der Waals surface area contributed by atoms with Crippen LogP contribution < -0.4 is 14.2 Å². The van der Waals surface area contributed by atoms with Crippen LogP contribution in [-0.2, 0) is 4.79 Å². The molecule has 1 fully saturated rings. The summed E-state index contributed by atoms with van der Waals surface area (Å²) >= 11 is 0. The number of ether oxygens (including phenoxy) is 3. The molecule has 5 nitrogen and oxygen atoms in total. The zero-order valence-corrected chi connectivity index (χ0v) is 15.3. The van der Waals surface area contributed by atoms with Gasteiger partial charge < -0.3 is 19.1 Å². The number of likely N-dealkylation sites (tertiary alicyclic amines) is 1. The van der Waals surface area contributed by atoms with Crippen LogP contribution >= 0.6 is 0 Å². The van der Waals surface area contributed by atoms with Gasteiger partial charge in [0, 0.05) is 6.54 Å². The van der Waals surface area contributed by atoms with E-state index < -0.39 is 0 Å². The zero-order chi connectivity index (χ0) is 18.4. The summed E-state index contributed by atoms with van der Waals surface area (Å²) in [5.74, 6) is 2.28. The lowest BCUT2D eigenvalue weighted by Gasteiger charge is -2.25. The molecule has 1 atom stereocenters. The third-order valence-electron chi connectivity index (χ3n) is 4.55. The molecule has 2 aromatic carbocycles. The largest absolute Gasteiger partial charge is 0.497 e. The first-order chi connectivity index (χ1) is 12.7. The van der Waals surface area contributed by atoms with Gasteiger partial charge in [0.2, 0.25) is 0 Å². The summed E-state index contributed by atoms with van der Waals surface area (Å²) in [4.78, 5) is 14.6. The number of nitrogens with zero attached hydrogens (tertiary/aromatic N) is 1. The smallest absolute Gasteiger partial charge is 0.261 e. The van der Waals surface area contributed by atoms with Gasteiger partial charge in [0.1, 0.15) is 17.2 Å². The Labute approximate surface area is 154 Å². The molecule has 1 unspecified atom stereocenters. The van der Waals surface area contributed by atoms with E-state index in [9.17, 15) is 4.79 Å². The first-order valence-electron chi connectivity index (χ1n) is 9.00. The second-order valence-electron chi connectivity index (χ2n) is 6.21. The quantitative estimate of drug-likeness (QED) is 0.757. The van der Waals surface area contributed by atoms with E-state index in [1.165, 1.54) is 0 Å². The SMILES string of the molecule is CCOc1ccc(OCC(=O)N2CCCC2c2cccc(OC)c2)cc1. The van der Waals surface area contributed by atoms with Gasteiger partial charge in [-0.2, -0.15) is 0 Å². The van der Waals surface area contributed by atoms with Crippen LogP contribution in [-0.4, -0.2) is 37.7 Å². The maximum atomic E-state index is 12.7. The third kappa shape index (κ3) is 4.28. The fraction of sp³-hybridized carbons (Fsp3) is 0.381. The first kappa shape index (κ1) is 18.1. The molecule has 0 N–H and O–H groups in total. The number of carbonyl (C=O) groups excluding carboxylic acids is 1. The second-order valence-corrected chi connectivity index (χ2v) is 6.21. The summed E-state index contributed by atoms with van der Waals surface area (Å²) in [7, 11) is 1.65. The number of hydrogen-bond donors (Lipinski definition) is 0. The highest BCUT2D eigenvalue weighted by molar-refractivity contribution is 5.78. The van der Waals surface area contributed by atoms with Crippen LogP contribution in [0, 0.1) is 0 Å². The van der Waals surface area contributed by atoms with Crippen molar-refractivity contribution in [1.29, 1.82) is 0 Å². The van der Waals surface area contributed by atoms with Crippen molar-refractivity contribution in [2.75, 3.05) is 26.9 Å². The van der Waals surface area contributed by atoms with Gasteiger partial charge in [-0.05, 0) is 61.7 Å². The maximum absolute atomic E-state index is 12.7. The molecule has 0 aromatic heterocycles. The number of benzene rings is 2. The van der Waals surface area contributed by atoms with Gasteiger partial charge in [-0.15, -0.1) is 0 Å². The normalized spacial score (nSPS) is 16.4. The van der Waals surface area contributed by atoms with E-state index in [2.05, 4.69) is 0 Å². The van der Waals surface area contributed by atoms with Crippen LogP contribution in [0.15, 0.2) is 48.5 Å². The summed E-state index contributed by atoms with van der Waals surface area (Å²) in [6.07, 6.45) is 1.96. The molecule has 0 bridgehead atoms. The van der Waals surface area contributed by atoms with E-state index in [1.54, 1.807) is 7.11 Å². The molecule has 1 saturated heterocycles. The van der Waals surface area contributed by atoms with E-state index in [1.807, 2.05) is 60.4 Å². The van der Waals surface area contributed by atoms with Crippen molar-refractivity contribution in [1.82, 2.24) is 4.90 Å². The summed E-state index contributed by atoms with van der Waals surface area (Å²) in [5.41, 5.74) is 1.11. The Bertz CT molecular complexity index is 729. The highest BCUT2D eigenvalue weighted by Gasteiger charge is 2.30. The van der Waals surface area contributed by atoms with Crippen molar-refractivity contribution in [3.8, 4) is 17.2 Å². The molecular weight excluding hydrogens is 330 g/mol. The van der Waals surface area contributed by atoms with Gasteiger partial charge in [0.15, 0.2) is 6.61 Å². The van der Waals surface area contributed by atoms with Gasteiger partial charge in [-0.25, -0.2) is 0 Å². The lowest BCUT2D eigenvalue weighted by Crippen LogP contribution is -2.34. The minimum absolute atomic E-state index is 0.00389. The van der Waals surface area contributed by atoms with E-state index in [0.29, 0.717) is 12.4 Å². The second kappa shape index (κ2) is 8.61. The van der Waals surface area contributed by atoms with Crippen molar-refractivity contribution < 1.29 is 19.0 Å². The molecule has 26 heavy (non-hydrogen) atoms. The summed E-state index contributed by atoms with van der Waals surface area (Å²) in [5, 5.41) is 0. The van der Waals surface area contributed by atoms with Gasteiger partial charge in [-0.1, -0.05) is 12.1 Å². The maximum Gasteiger partial charge on any atom is 0.261 e. The topological polar surface area (TPSA) is 48.0 Å². The van der Waals surface area contributed by atoms with Crippen molar-refractivity contribution in [2.45, 2.75) is 25.8 Å². The van der Waals surface area contributed by atoms with E-state index in [4.69, 9.17) is 14.2 Å². The fourth-order valence-corrected chi connectivity index (χ4v) is 3.29. The molecule has 138 valence electrons. The molecule has 0 spiro atoms. The summed E-state index contributed by atoms with van der Waals surface area (Å²) in [6.45, 7) is 3.36. The molecule has 1 heterocycles. The Morgan fingerprint density at radius 1 is 1.08 bits per heavy atom. The molecule has 3 rings (SSSR count). The molecule has 1 aliphatic rings. The van der Waals surface area contributed by atoms with Crippen LogP contribution in [0.4, 0.5) is 0 Å². The molecule has 0 saturated carbocycles. The number of carbonyl (C=O) groups is 1. The predicted octanol–water partition coefficient (Wildman–Crippen LogP) is 3.84. The fourth-order valence-electron chi connectivity index (χ4n) is 3.29. The van der Waals surface area contributed by atoms with Crippen LogP contribution in [0.1, 0.15) is 31.4 Å². The highest BCUT2D eigenvalue weighted by atomic mass is 16.5. The number of amides is 1. The van der Waals surface area contributed by atoms with Gasteiger partial charge in [-0.3, -0.25) is 4.79 Å². The lowest BCUT2D eigenvalue weighted by atomic mass is 10.0. The van der Waals surface area contributed by atoms with E-state index >= 15 is 0 Å². The monoisotopic (exact) mass is 355 g/mol. The Morgan fingerprint density at radius 3 is 2.50 bits per heavy atom. The molecule has 5 heteroatoms. The minimum Gasteiger partial charge on any atom is -0.497 e. The lowest BCUT2D eigenvalue weighted by molar-refractivity contribution is -0.134. The summed E-state index contributed by atoms with van der Waals surface area (Å²) < 4.78 is 16.4. The number of methoxy groups -OCH3 is 1. The molecule has 0 aliphatic carbocycles. The van der Waals surface area contributed by atoms with E-state index in [-0.39, 0.29) is 18.6 Å². The van der Waals surface area contributed by atoms with Crippen molar-refractivity contribution in [2.24, 2.45) is 0 Å². The molecule has 2 aromatic rings. The zero-order valence-electron chi connectivity index (χ0n) is 15.3. The summed E-state index contributed by atoms with van der Waals surface area (Å²) in [6, 6.07) is 15.3. The van der Waals surface area contributed by atoms with Crippen molar-refractivity contribution >= 4 is 5.91 Å². The number of rotatable bonds is 7. The minimum atomic E-state index is 0.00389. The van der Waals surface area contributed by atoms with E-state index in [0.717, 1.165) is 36.4 Å². The van der Waals surface area contributed by atoms with Crippen LogP contribution in [0.3, 0.4) is 0 Å². The Hall–Kier alpha value is -2.69. The standard InChI is InChI=1S/C21H25NO4/c1-3-25-17-9-11-18(12-10-17)26-15-21(23)22-13-5-8-20(22)16-6-4-7-19(14-16)24-2/h4,6-7,9-12,14,20H,3,5,8,13,15H2,1-2H3. The molecule has 1 aliphatic heterocycles. The average Bonchev–Trinajstić information content (AvgIpc) is 3.17. The Balaban J connectivity index is 1.61. The molecular formula is C21H25NO4.